The number of carbonyl (C=O) groups is 2. The van der Waals surface area contributed by atoms with Crippen LogP contribution in [0, 0.1) is 11.8 Å². The molecular formula is C13H20N2O3S. The number of aliphatic carboxylic acids is 1. The maximum absolute atomic E-state index is 11.7. The molecule has 1 aromatic rings. The zero-order chi connectivity index (χ0) is 14.4. The number of nitrogens with one attached hydrogen (secondary N) is 2. The van der Waals surface area contributed by atoms with Crippen molar-refractivity contribution in [2.24, 2.45) is 11.8 Å². The second kappa shape index (κ2) is 7.13. The number of rotatable bonds is 6. The van der Waals surface area contributed by atoms with Crippen molar-refractivity contribution < 1.29 is 14.7 Å². The molecule has 0 bridgehead atoms. The first kappa shape index (κ1) is 15.5. The van der Waals surface area contributed by atoms with Crippen LogP contribution in [0.5, 0.6) is 0 Å². The molecule has 0 aliphatic carbocycles. The molecule has 6 heteroatoms. The van der Waals surface area contributed by atoms with E-state index in [1.54, 1.807) is 11.3 Å². The van der Waals surface area contributed by atoms with Gasteiger partial charge in [0, 0.05) is 11.4 Å². The van der Waals surface area contributed by atoms with Crippen molar-refractivity contribution in [1.29, 1.82) is 0 Å². The Labute approximate surface area is 117 Å². The van der Waals surface area contributed by atoms with Gasteiger partial charge in [-0.15, -0.1) is 11.3 Å². The van der Waals surface area contributed by atoms with Crippen LogP contribution in [0.2, 0.25) is 0 Å². The molecule has 0 saturated heterocycles. The fourth-order valence-electron chi connectivity index (χ4n) is 1.67. The van der Waals surface area contributed by atoms with Crippen LogP contribution in [0.3, 0.4) is 0 Å². The van der Waals surface area contributed by atoms with Gasteiger partial charge in [-0.2, -0.15) is 0 Å². The zero-order valence-corrected chi connectivity index (χ0v) is 12.2. The normalized spacial score (nSPS) is 13.9. The first-order chi connectivity index (χ1) is 8.91. The predicted octanol–water partition coefficient (Wildman–Crippen LogP) is 2.47. The number of amides is 2. The third kappa shape index (κ3) is 4.90. The quantitative estimate of drug-likeness (QED) is 0.751. The lowest BCUT2D eigenvalue weighted by Gasteiger charge is -2.18. The lowest BCUT2D eigenvalue weighted by Crippen LogP contribution is -2.41. The van der Waals surface area contributed by atoms with E-state index in [1.807, 2.05) is 38.3 Å². The van der Waals surface area contributed by atoms with Gasteiger partial charge in [-0.25, -0.2) is 4.79 Å². The molecule has 0 aliphatic heterocycles. The Morgan fingerprint density at radius 3 is 2.53 bits per heavy atom. The van der Waals surface area contributed by atoms with Crippen molar-refractivity contribution in [1.82, 2.24) is 10.6 Å². The Morgan fingerprint density at radius 1 is 1.37 bits per heavy atom. The van der Waals surface area contributed by atoms with E-state index in [0.29, 0.717) is 0 Å². The van der Waals surface area contributed by atoms with E-state index in [2.05, 4.69) is 10.6 Å². The van der Waals surface area contributed by atoms with Gasteiger partial charge in [0.2, 0.25) is 0 Å². The smallest absolute Gasteiger partial charge is 0.315 e. The molecule has 0 aliphatic rings. The number of thiophene rings is 1. The van der Waals surface area contributed by atoms with Crippen molar-refractivity contribution in [3.8, 4) is 0 Å². The zero-order valence-electron chi connectivity index (χ0n) is 11.3. The molecule has 0 aromatic carbocycles. The third-order valence-electron chi connectivity index (χ3n) is 2.92. The average Bonchev–Trinajstić information content (AvgIpc) is 2.81. The van der Waals surface area contributed by atoms with Crippen LogP contribution in [0.4, 0.5) is 4.79 Å². The van der Waals surface area contributed by atoms with Gasteiger partial charge >= 0.3 is 12.0 Å². The second-order valence-electron chi connectivity index (χ2n) is 4.78. The Hall–Kier alpha value is -1.56. The van der Waals surface area contributed by atoms with E-state index >= 15 is 0 Å². The van der Waals surface area contributed by atoms with Crippen LogP contribution in [0.1, 0.15) is 31.7 Å². The lowest BCUT2D eigenvalue weighted by molar-refractivity contribution is -0.142. The molecule has 5 nitrogen and oxygen atoms in total. The molecule has 1 heterocycles. The number of hydrogen-bond acceptors (Lipinski definition) is 3. The van der Waals surface area contributed by atoms with Crippen LogP contribution in [-0.4, -0.2) is 23.7 Å². The van der Waals surface area contributed by atoms with Crippen molar-refractivity contribution in [3.63, 3.8) is 0 Å². The minimum absolute atomic E-state index is 0.0208. The summed E-state index contributed by atoms with van der Waals surface area (Å²) < 4.78 is 0. The summed E-state index contributed by atoms with van der Waals surface area (Å²) in [7, 11) is 0. The number of carboxylic acid groups (broad SMARTS) is 1. The highest BCUT2D eigenvalue weighted by Gasteiger charge is 2.22. The lowest BCUT2D eigenvalue weighted by atomic mass is 9.96. The molecule has 2 unspecified atom stereocenters. The van der Waals surface area contributed by atoms with E-state index in [0.717, 1.165) is 4.88 Å². The molecule has 19 heavy (non-hydrogen) atoms. The number of carbonyl (C=O) groups excluding carboxylic acids is 1. The minimum Gasteiger partial charge on any atom is -0.481 e. The summed E-state index contributed by atoms with van der Waals surface area (Å²) in [4.78, 5) is 23.7. The summed E-state index contributed by atoms with van der Waals surface area (Å²) in [6, 6.07) is 3.45. The topological polar surface area (TPSA) is 78.4 Å². The minimum atomic E-state index is -0.887. The van der Waals surface area contributed by atoms with Crippen molar-refractivity contribution in [2.75, 3.05) is 6.54 Å². The van der Waals surface area contributed by atoms with Gasteiger partial charge in [-0.3, -0.25) is 4.79 Å². The first-order valence-corrected chi connectivity index (χ1v) is 7.10. The molecule has 2 atom stereocenters. The molecule has 1 rings (SSSR count). The fourth-order valence-corrected chi connectivity index (χ4v) is 2.40. The van der Waals surface area contributed by atoms with Crippen LogP contribution in [0.15, 0.2) is 17.5 Å². The van der Waals surface area contributed by atoms with Crippen LogP contribution in [0.25, 0.3) is 0 Å². The van der Waals surface area contributed by atoms with Gasteiger partial charge in [0.15, 0.2) is 0 Å². The standard InChI is InChI=1S/C13H20N2O3S/c1-8(2)10(12(16)17)7-14-13(18)15-9(3)11-5-4-6-19-11/h4-6,8-10H,7H2,1-3H3,(H,16,17)(H2,14,15,18). The maximum Gasteiger partial charge on any atom is 0.315 e. The molecule has 106 valence electrons. The van der Waals surface area contributed by atoms with E-state index in [4.69, 9.17) is 5.11 Å². The molecule has 0 spiro atoms. The SMILES string of the molecule is CC(NC(=O)NCC(C(=O)O)C(C)C)c1cccs1. The number of carboxylic acids is 1. The van der Waals surface area contributed by atoms with Gasteiger partial charge < -0.3 is 15.7 Å². The molecule has 0 fully saturated rings. The largest absolute Gasteiger partial charge is 0.481 e. The third-order valence-corrected chi connectivity index (χ3v) is 3.98. The Bertz CT molecular complexity index is 418. The van der Waals surface area contributed by atoms with Crippen LogP contribution in [-0.2, 0) is 4.79 Å². The Balaban J connectivity index is 2.41. The summed E-state index contributed by atoms with van der Waals surface area (Å²) >= 11 is 1.57. The summed E-state index contributed by atoms with van der Waals surface area (Å²) in [5.74, 6) is -1.48. The molecule has 2 amide bonds. The van der Waals surface area contributed by atoms with Crippen molar-refractivity contribution >= 4 is 23.3 Å². The monoisotopic (exact) mass is 284 g/mol. The molecular weight excluding hydrogens is 264 g/mol. The Morgan fingerprint density at radius 2 is 2.05 bits per heavy atom. The molecule has 1 aromatic heterocycles. The van der Waals surface area contributed by atoms with E-state index < -0.39 is 11.9 Å². The van der Waals surface area contributed by atoms with Crippen molar-refractivity contribution in [3.05, 3.63) is 22.4 Å². The van der Waals surface area contributed by atoms with E-state index in [1.165, 1.54) is 0 Å². The Kier molecular flexibility index (Phi) is 5.82. The van der Waals surface area contributed by atoms with Gasteiger partial charge in [0.05, 0.1) is 12.0 Å². The maximum atomic E-state index is 11.7. The second-order valence-corrected chi connectivity index (χ2v) is 5.76. The summed E-state index contributed by atoms with van der Waals surface area (Å²) in [5, 5.41) is 16.4. The van der Waals surface area contributed by atoms with Crippen LogP contribution < -0.4 is 10.6 Å². The molecule has 0 saturated carbocycles. The van der Waals surface area contributed by atoms with Gasteiger partial charge in [-0.05, 0) is 24.3 Å². The van der Waals surface area contributed by atoms with Gasteiger partial charge in [0.25, 0.3) is 0 Å². The predicted molar refractivity (Wildman–Crippen MR) is 75.2 cm³/mol. The van der Waals surface area contributed by atoms with Crippen molar-refractivity contribution in [2.45, 2.75) is 26.8 Å². The highest BCUT2D eigenvalue weighted by atomic mass is 32.1. The fraction of sp³-hybridized carbons (Fsp3) is 0.538. The first-order valence-electron chi connectivity index (χ1n) is 6.22. The van der Waals surface area contributed by atoms with E-state index in [9.17, 15) is 9.59 Å². The summed E-state index contributed by atoms with van der Waals surface area (Å²) in [6.45, 7) is 5.68. The summed E-state index contributed by atoms with van der Waals surface area (Å²) in [5.41, 5.74) is 0. The number of urea groups is 1. The van der Waals surface area contributed by atoms with Gasteiger partial charge in [-0.1, -0.05) is 19.9 Å². The van der Waals surface area contributed by atoms with Crippen LogP contribution >= 0.6 is 11.3 Å². The highest BCUT2D eigenvalue weighted by molar-refractivity contribution is 7.10. The van der Waals surface area contributed by atoms with Gasteiger partial charge in [0.1, 0.15) is 0 Å². The number of hydrogen-bond donors (Lipinski definition) is 3. The summed E-state index contributed by atoms with van der Waals surface area (Å²) in [6.07, 6.45) is 0. The van der Waals surface area contributed by atoms with E-state index in [-0.39, 0.29) is 24.5 Å². The molecule has 3 N–H and O–H groups in total. The highest BCUT2D eigenvalue weighted by Crippen LogP contribution is 2.17. The average molecular weight is 284 g/mol. The molecule has 0 radical (unpaired) electrons.